The van der Waals surface area contributed by atoms with E-state index in [4.69, 9.17) is 4.74 Å². The minimum Gasteiger partial charge on any atom is -0.458 e. The first-order chi connectivity index (χ1) is 14.3. The van der Waals surface area contributed by atoms with Crippen molar-refractivity contribution in [2.24, 2.45) is 5.92 Å². The highest BCUT2D eigenvalue weighted by molar-refractivity contribution is 6.15. The lowest BCUT2D eigenvalue weighted by Gasteiger charge is -2.48. The van der Waals surface area contributed by atoms with Crippen molar-refractivity contribution in [1.29, 1.82) is 0 Å². The molecule has 0 unspecified atom stereocenters. The van der Waals surface area contributed by atoms with Crippen LogP contribution in [0, 0.1) is 11.7 Å². The number of carbonyl (C=O) groups excluding carboxylic acids is 3. The fraction of sp³-hybridized carbons (Fsp3) is 0.348. The molecule has 0 radical (unpaired) electrons. The number of ether oxygens (including phenoxy) is 1. The van der Waals surface area contributed by atoms with Crippen LogP contribution in [0.1, 0.15) is 42.6 Å². The van der Waals surface area contributed by atoms with Crippen LogP contribution in [0.4, 0.5) is 10.1 Å². The highest BCUT2D eigenvalue weighted by atomic mass is 19.1. The molecule has 4 rings (SSSR count). The second-order valence-corrected chi connectivity index (χ2v) is 8.08. The van der Waals surface area contributed by atoms with E-state index in [0.29, 0.717) is 23.4 Å². The van der Waals surface area contributed by atoms with Gasteiger partial charge in [-0.2, -0.15) is 0 Å². The van der Waals surface area contributed by atoms with Crippen LogP contribution in [-0.4, -0.2) is 34.9 Å². The van der Waals surface area contributed by atoms with Gasteiger partial charge in [0.25, 0.3) is 5.91 Å². The Bertz CT molecular complexity index is 1020. The molecule has 0 aliphatic carbocycles. The summed E-state index contributed by atoms with van der Waals surface area (Å²) in [5, 5.41) is 0. The van der Waals surface area contributed by atoms with Crippen molar-refractivity contribution in [2.75, 3.05) is 11.4 Å². The average Bonchev–Trinajstić information content (AvgIpc) is 3.07. The zero-order valence-electron chi connectivity index (χ0n) is 16.9. The van der Waals surface area contributed by atoms with Crippen LogP contribution >= 0.6 is 0 Å². The number of hydrogen-bond donors (Lipinski definition) is 0. The number of hydrogen-bond acceptors (Lipinski definition) is 4. The third-order valence-electron chi connectivity index (χ3n) is 5.51. The van der Waals surface area contributed by atoms with E-state index in [-0.39, 0.29) is 37.2 Å². The molecule has 1 atom stereocenters. The van der Waals surface area contributed by atoms with Gasteiger partial charge in [0.15, 0.2) is 0 Å². The maximum absolute atomic E-state index is 13.5. The molecular formula is C23H23FN2O4. The Morgan fingerprint density at radius 1 is 1.17 bits per heavy atom. The molecule has 0 bridgehead atoms. The van der Waals surface area contributed by atoms with E-state index in [0.717, 1.165) is 0 Å². The van der Waals surface area contributed by atoms with Gasteiger partial charge < -0.3 is 9.64 Å². The summed E-state index contributed by atoms with van der Waals surface area (Å²) in [4.78, 5) is 42.6. The van der Waals surface area contributed by atoms with Crippen LogP contribution in [0.15, 0.2) is 48.5 Å². The molecule has 2 heterocycles. The van der Waals surface area contributed by atoms with Gasteiger partial charge in [0.1, 0.15) is 12.4 Å². The Balaban J connectivity index is 1.75. The van der Waals surface area contributed by atoms with Gasteiger partial charge in [0, 0.05) is 19.4 Å². The molecule has 156 valence electrons. The minimum atomic E-state index is -1.53. The number of benzene rings is 2. The fourth-order valence-electron chi connectivity index (χ4n) is 4.26. The van der Waals surface area contributed by atoms with Crippen molar-refractivity contribution < 1.29 is 23.5 Å². The van der Waals surface area contributed by atoms with Crippen LogP contribution < -0.4 is 4.90 Å². The zero-order valence-corrected chi connectivity index (χ0v) is 16.9. The summed E-state index contributed by atoms with van der Waals surface area (Å²) in [7, 11) is 0. The van der Waals surface area contributed by atoms with E-state index in [1.807, 2.05) is 13.8 Å². The van der Waals surface area contributed by atoms with E-state index in [9.17, 15) is 18.8 Å². The highest BCUT2D eigenvalue weighted by Gasteiger charge is 2.61. The van der Waals surface area contributed by atoms with Crippen LogP contribution in [0.25, 0.3) is 0 Å². The van der Waals surface area contributed by atoms with E-state index < -0.39 is 17.4 Å². The lowest BCUT2D eigenvalue weighted by Crippen LogP contribution is -2.69. The summed E-state index contributed by atoms with van der Waals surface area (Å²) < 4.78 is 19.0. The summed E-state index contributed by atoms with van der Waals surface area (Å²) in [5.41, 5.74) is -0.219. The second kappa shape index (κ2) is 7.55. The normalized spacial score (nSPS) is 20.4. The SMILES string of the molecule is CC(C)CN1C(=O)c2ccccc2N2C(=O)CC[C@]12C(=O)OCc1cccc(F)c1. The molecule has 2 aliphatic rings. The van der Waals surface area contributed by atoms with Gasteiger partial charge in [0.2, 0.25) is 11.6 Å². The number of nitrogens with zero attached hydrogens (tertiary/aromatic N) is 2. The molecule has 30 heavy (non-hydrogen) atoms. The molecule has 0 N–H and O–H groups in total. The number of rotatable bonds is 5. The maximum Gasteiger partial charge on any atom is 0.354 e. The number of carbonyl (C=O) groups is 3. The molecule has 0 aromatic heterocycles. The summed E-state index contributed by atoms with van der Waals surface area (Å²) >= 11 is 0. The van der Waals surface area contributed by atoms with E-state index in [2.05, 4.69) is 0 Å². The Morgan fingerprint density at radius 2 is 1.93 bits per heavy atom. The zero-order chi connectivity index (χ0) is 21.5. The first-order valence-electron chi connectivity index (χ1n) is 10.0. The van der Waals surface area contributed by atoms with Gasteiger partial charge in [-0.05, 0) is 35.7 Å². The van der Waals surface area contributed by atoms with Gasteiger partial charge in [0.05, 0.1) is 11.3 Å². The van der Waals surface area contributed by atoms with Crippen molar-refractivity contribution >= 4 is 23.5 Å². The smallest absolute Gasteiger partial charge is 0.354 e. The first kappa shape index (κ1) is 20.1. The molecule has 2 amide bonds. The minimum absolute atomic E-state index is 0.0738. The van der Waals surface area contributed by atoms with Crippen LogP contribution in [0.5, 0.6) is 0 Å². The van der Waals surface area contributed by atoms with Crippen LogP contribution in [0.2, 0.25) is 0 Å². The number of fused-ring (bicyclic) bond motifs is 3. The molecule has 6 nitrogen and oxygen atoms in total. The Labute approximate surface area is 174 Å². The Morgan fingerprint density at radius 3 is 2.67 bits per heavy atom. The number of esters is 1. The standard InChI is InChI=1S/C23H23FN2O4/c1-15(2)13-25-21(28)18-8-3-4-9-19(18)26-20(27)10-11-23(25,26)22(29)30-14-16-6-5-7-17(24)12-16/h3-9,12,15H,10-11,13-14H2,1-2H3/t23-/m0/s1. The van der Waals surface area contributed by atoms with Crippen molar-refractivity contribution in [3.63, 3.8) is 0 Å². The van der Waals surface area contributed by atoms with Gasteiger partial charge >= 0.3 is 5.97 Å². The summed E-state index contributed by atoms with van der Waals surface area (Å²) in [5.74, 6) is -1.56. The van der Waals surface area contributed by atoms with Crippen molar-refractivity contribution in [3.05, 3.63) is 65.5 Å². The summed E-state index contributed by atoms with van der Waals surface area (Å²) in [6.07, 6.45) is 0.284. The first-order valence-corrected chi connectivity index (χ1v) is 10.0. The largest absolute Gasteiger partial charge is 0.458 e. The molecule has 1 fully saturated rings. The molecule has 7 heteroatoms. The van der Waals surface area contributed by atoms with E-state index in [1.165, 1.54) is 28.0 Å². The average molecular weight is 410 g/mol. The predicted octanol–water partition coefficient (Wildman–Crippen LogP) is 3.50. The molecule has 0 saturated carbocycles. The molecule has 2 aromatic carbocycles. The number of halogens is 1. The van der Waals surface area contributed by atoms with E-state index >= 15 is 0 Å². The molecule has 1 saturated heterocycles. The van der Waals surface area contributed by atoms with Crippen molar-refractivity contribution in [1.82, 2.24) is 4.90 Å². The van der Waals surface area contributed by atoms with Crippen molar-refractivity contribution in [3.8, 4) is 0 Å². The number of para-hydroxylation sites is 1. The maximum atomic E-state index is 13.5. The monoisotopic (exact) mass is 410 g/mol. The molecular weight excluding hydrogens is 387 g/mol. The lowest BCUT2D eigenvalue weighted by atomic mass is 9.95. The summed E-state index contributed by atoms with van der Waals surface area (Å²) in [6.45, 7) is 4.04. The highest BCUT2D eigenvalue weighted by Crippen LogP contribution is 2.45. The molecule has 2 aromatic rings. The Kier molecular flexibility index (Phi) is 5.05. The van der Waals surface area contributed by atoms with Gasteiger partial charge in [-0.3, -0.25) is 14.5 Å². The quantitative estimate of drug-likeness (QED) is 0.708. The van der Waals surface area contributed by atoms with Gasteiger partial charge in [-0.15, -0.1) is 0 Å². The van der Waals surface area contributed by atoms with E-state index in [1.54, 1.807) is 30.3 Å². The third kappa shape index (κ3) is 3.14. The van der Waals surface area contributed by atoms with Crippen LogP contribution in [-0.2, 0) is 20.9 Å². The number of amides is 2. The topological polar surface area (TPSA) is 66.9 Å². The predicted molar refractivity (Wildman–Crippen MR) is 108 cm³/mol. The van der Waals surface area contributed by atoms with Crippen LogP contribution in [0.3, 0.4) is 0 Å². The number of anilines is 1. The van der Waals surface area contributed by atoms with Crippen molar-refractivity contribution in [2.45, 2.75) is 39.0 Å². The summed E-state index contributed by atoms with van der Waals surface area (Å²) in [6, 6.07) is 12.6. The lowest BCUT2D eigenvalue weighted by molar-refractivity contribution is -0.159. The third-order valence-corrected chi connectivity index (χ3v) is 5.51. The van der Waals surface area contributed by atoms with Gasteiger partial charge in [-0.1, -0.05) is 38.1 Å². The molecule has 2 aliphatic heterocycles. The molecule has 0 spiro atoms. The Hall–Kier alpha value is -3.22. The second-order valence-electron chi connectivity index (χ2n) is 8.08. The fourth-order valence-corrected chi connectivity index (χ4v) is 4.26. The van der Waals surface area contributed by atoms with Gasteiger partial charge in [-0.25, -0.2) is 9.18 Å².